The van der Waals surface area contributed by atoms with Crippen LogP contribution in [0.1, 0.15) is 36.3 Å². The summed E-state index contributed by atoms with van der Waals surface area (Å²) in [6.45, 7) is 1.65. The van der Waals surface area contributed by atoms with Crippen LogP contribution >= 0.6 is 0 Å². The number of nitrogen functional groups attached to an aromatic ring is 2. The van der Waals surface area contributed by atoms with E-state index in [0.29, 0.717) is 5.69 Å². The average molecular weight is 448 g/mol. The summed E-state index contributed by atoms with van der Waals surface area (Å²) in [5, 5.41) is 12.5. The van der Waals surface area contributed by atoms with Gasteiger partial charge in [0.2, 0.25) is 5.95 Å². The largest absolute Gasteiger partial charge is 0.382 e. The van der Waals surface area contributed by atoms with Crippen LogP contribution in [-0.2, 0) is 0 Å². The van der Waals surface area contributed by atoms with E-state index in [-0.39, 0.29) is 45.4 Å². The average Bonchev–Trinajstić information content (AvgIpc) is 2.78. The monoisotopic (exact) mass is 448 g/mol. The van der Waals surface area contributed by atoms with Crippen molar-refractivity contribution >= 4 is 28.5 Å². The summed E-state index contributed by atoms with van der Waals surface area (Å²) in [6, 6.07) is 13.9. The fourth-order valence-electron chi connectivity index (χ4n) is 3.52. The maximum atomic E-state index is 13.7. The van der Waals surface area contributed by atoms with Crippen LogP contribution in [0.3, 0.4) is 0 Å². The zero-order valence-electron chi connectivity index (χ0n) is 17.3. The molecule has 33 heavy (non-hydrogen) atoms. The molecule has 0 saturated carbocycles. The zero-order valence-corrected chi connectivity index (χ0v) is 17.3. The molecule has 11 heteroatoms. The number of rotatable bonds is 5. The third-order valence-corrected chi connectivity index (χ3v) is 5.01. The van der Waals surface area contributed by atoms with Gasteiger partial charge in [-0.05, 0) is 25.1 Å². The van der Waals surface area contributed by atoms with Gasteiger partial charge in [-0.25, -0.2) is 13.8 Å². The molecule has 2 aromatic carbocycles. The number of fused-ring (bicyclic) bond motifs is 1. The minimum atomic E-state index is -2.82. The minimum absolute atomic E-state index is 0.0334. The molecule has 5 N–H and O–H groups in total. The van der Waals surface area contributed by atoms with Gasteiger partial charge in [0.15, 0.2) is 5.82 Å². The Kier molecular flexibility index (Phi) is 5.58. The first kappa shape index (κ1) is 21.6. The predicted octanol–water partition coefficient (Wildman–Crippen LogP) is 3.32. The highest BCUT2D eigenvalue weighted by atomic mass is 19.3. The molecule has 1 unspecified atom stereocenters. The van der Waals surface area contributed by atoms with Crippen LogP contribution in [0, 0.1) is 11.3 Å². The van der Waals surface area contributed by atoms with Crippen LogP contribution in [0.4, 0.5) is 26.4 Å². The number of alkyl halides is 2. The molecule has 0 radical (unpaired) electrons. The van der Waals surface area contributed by atoms with E-state index in [9.17, 15) is 18.8 Å². The standard InChI is InChI=1S/C22H18F2N8O/c1-11(28-19-15(10-25)18(26)30-22(27)31-19)20-29-16-13(17(23)24)8-5-9-14(16)21(33)32(20)12-6-3-2-4-7-12/h2-9,11,17H,1H3,(H5,26,27,28,30,31). The van der Waals surface area contributed by atoms with E-state index in [1.54, 1.807) is 37.3 Å². The smallest absolute Gasteiger partial charge is 0.266 e. The molecule has 2 heterocycles. The molecule has 166 valence electrons. The number of benzene rings is 2. The second-order valence-electron chi connectivity index (χ2n) is 7.16. The van der Waals surface area contributed by atoms with Crippen molar-refractivity contribution < 1.29 is 8.78 Å². The second kappa shape index (κ2) is 8.51. The molecule has 9 nitrogen and oxygen atoms in total. The van der Waals surface area contributed by atoms with Gasteiger partial charge < -0.3 is 16.8 Å². The van der Waals surface area contributed by atoms with Gasteiger partial charge >= 0.3 is 0 Å². The summed E-state index contributed by atoms with van der Waals surface area (Å²) in [5.41, 5.74) is 10.9. The Morgan fingerprint density at radius 3 is 2.45 bits per heavy atom. The van der Waals surface area contributed by atoms with Gasteiger partial charge in [0.05, 0.1) is 22.6 Å². The van der Waals surface area contributed by atoms with E-state index >= 15 is 0 Å². The van der Waals surface area contributed by atoms with E-state index < -0.39 is 18.0 Å². The van der Waals surface area contributed by atoms with Crippen molar-refractivity contribution in [2.24, 2.45) is 0 Å². The molecule has 0 spiro atoms. The Morgan fingerprint density at radius 1 is 1.06 bits per heavy atom. The molecule has 0 aliphatic rings. The van der Waals surface area contributed by atoms with Gasteiger partial charge in [0.1, 0.15) is 23.3 Å². The molecule has 4 rings (SSSR count). The van der Waals surface area contributed by atoms with Gasteiger partial charge in [0.25, 0.3) is 12.0 Å². The molecule has 0 aliphatic heterocycles. The van der Waals surface area contributed by atoms with Crippen molar-refractivity contribution in [1.29, 1.82) is 5.26 Å². The number of para-hydroxylation sites is 2. The van der Waals surface area contributed by atoms with Crippen LogP contribution < -0.4 is 22.3 Å². The Hall–Kier alpha value is -4.59. The molecule has 0 amide bonds. The number of nitrogens with two attached hydrogens (primary N) is 2. The Bertz CT molecular complexity index is 1450. The summed E-state index contributed by atoms with van der Waals surface area (Å²) in [5.74, 6) is -0.114. The van der Waals surface area contributed by atoms with Crippen LogP contribution in [0.15, 0.2) is 53.3 Å². The first-order valence-electron chi connectivity index (χ1n) is 9.80. The van der Waals surface area contributed by atoms with Crippen LogP contribution in [-0.4, -0.2) is 19.5 Å². The first-order valence-corrected chi connectivity index (χ1v) is 9.80. The van der Waals surface area contributed by atoms with Crippen molar-refractivity contribution in [2.45, 2.75) is 19.4 Å². The van der Waals surface area contributed by atoms with Gasteiger partial charge in [-0.1, -0.05) is 30.3 Å². The Balaban J connectivity index is 1.97. The van der Waals surface area contributed by atoms with E-state index in [1.807, 2.05) is 6.07 Å². The summed E-state index contributed by atoms with van der Waals surface area (Å²) >= 11 is 0. The van der Waals surface area contributed by atoms with E-state index in [1.165, 1.54) is 22.8 Å². The molecular weight excluding hydrogens is 430 g/mol. The van der Waals surface area contributed by atoms with Crippen molar-refractivity contribution in [2.75, 3.05) is 16.8 Å². The molecule has 0 aliphatic carbocycles. The van der Waals surface area contributed by atoms with Gasteiger partial charge in [-0.3, -0.25) is 9.36 Å². The number of hydrogen-bond donors (Lipinski definition) is 3. The van der Waals surface area contributed by atoms with Gasteiger partial charge in [-0.15, -0.1) is 0 Å². The van der Waals surface area contributed by atoms with E-state index in [2.05, 4.69) is 20.3 Å². The van der Waals surface area contributed by atoms with Crippen molar-refractivity contribution in [3.8, 4) is 11.8 Å². The Labute approximate surface area is 186 Å². The minimum Gasteiger partial charge on any atom is -0.382 e. The molecule has 2 aromatic heterocycles. The number of nitrogens with zero attached hydrogens (tertiary/aromatic N) is 5. The van der Waals surface area contributed by atoms with Crippen molar-refractivity contribution in [1.82, 2.24) is 19.5 Å². The van der Waals surface area contributed by atoms with Crippen molar-refractivity contribution in [3.05, 3.63) is 75.8 Å². The highest BCUT2D eigenvalue weighted by molar-refractivity contribution is 5.82. The first-order chi connectivity index (χ1) is 15.8. The van der Waals surface area contributed by atoms with Crippen LogP contribution in [0.25, 0.3) is 16.6 Å². The molecule has 0 bridgehead atoms. The normalized spacial score (nSPS) is 12.0. The fraction of sp³-hybridized carbons (Fsp3) is 0.136. The highest BCUT2D eigenvalue weighted by Crippen LogP contribution is 2.28. The van der Waals surface area contributed by atoms with Crippen LogP contribution in [0.5, 0.6) is 0 Å². The van der Waals surface area contributed by atoms with Gasteiger partial charge in [0, 0.05) is 5.56 Å². The SMILES string of the molecule is CC(Nc1nc(N)nc(N)c1C#N)c1nc2c(C(F)F)cccc2c(=O)n1-c1ccccc1. The van der Waals surface area contributed by atoms with E-state index in [0.717, 1.165) is 0 Å². The maximum Gasteiger partial charge on any atom is 0.266 e. The lowest BCUT2D eigenvalue weighted by molar-refractivity contribution is 0.153. The highest BCUT2D eigenvalue weighted by Gasteiger charge is 2.23. The quantitative estimate of drug-likeness (QED) is 0.421. The molecule has 0 fully saturated rings. The van der Waals surface area contributed by atoms with Gasteiger partial charge in [-0.2, -0.15) is 15.2 Å². The lowest BCUT2D eigenvalue weighted by atomic mass is 10.1. The predicted molar refractivity (Wildman–Crippen MR) is 120 cm³/mol. The summed E-state index contributed by atoms with van der Waals surface area (Å²) in [6.07, 6.45) is -2.82. The number of nitrogens with one attached hydrogen (secondary N) is 1. The topological polar surface area (TPSA) is 149 Å². The molecule has 0 saturated heterocycles. The molecule has 1 atom stereocenters. The number of aromatic nitrogens is 4. The van der Waals surface area contributed by atoms with E-state index in [4.69, 9.17) is 11.5 Å². The molecular formula is C22H18F2N8O. The lowest BCUT2D eigenvalue weighted by Crippen LogP contribution is -2.28. The number of hydrogen-bond acceptors (Lipinski definition) is 8. The Morgan fingerprint density at radius 2 is 1.79 bits per heavy atom. The maximum absolute atomic E-state index is 13.7. The third kappa shape index (κ3) is 3.89. The second-order valence-corrected chi connectivity index (χ2v) is 7.16. The summed E-state index contributed by atoms with van der Waals surface area (Å²) in [4.78, 5) is 25.7. The lowest BCUT2D eigenvalue weighted by Gasteiger charge is -2.21. The van der Waals surface area contributed by atoms with Crippen LogP contribution in [0.2, 0.25) is 0 Å². The van der Waals surface area contributed by atoms with Crippen molar-refractivity contribution in [3.63, 3.8) is 0 Å². The number of halogens is 2. The molecule has 4 aromatic rings. The number of nitriles is 1. The number of anilines is 3. The summed E-state index contributed by atoms with van der Waals surface area (Å²) in [7, 11) is 0. The fourth-order valence-corrected chi connectivity index (χ4v) is 3.52. The summed E-state index contributed by atoms with van der Waals surface area (Å²) < 4.78 is 28.7. The zero-order chi connectivity index (χ0) is 23.7. The third-order valence-electron chi connectivity index (χ3n) is 5.01.